The van der Waals surface area contributed by atoms with E-state index in [1.807, 2.05) is 6.26 Å². The summed E-state index contributed by atoms with van der Waals surface area (Å²) in [6, 6.07) is 4.95. The number of aliphatic hydroxyl groups is 1. The normalized spacial score (nSPS) is 13.2. The average molecular weight is 323 g/mol. The van der Waals surface area contributed by atoms with Crippen molar-refractivity contribution >= 4 is 30.1 Å². The van der Waals surface area contributed by atoms with Crippen molar-refractivity contribution in [2.45, 2.75) is 18.6 Å². The summed E-state index contributed by atoms with van der Waals surface area (Å²) in [5.41, 5.74) is 6.25. The van der Waals surface area contributed by atoms with E-state index in [0.717, 1.165) is 5.75 Å². The zero-order valence-corrected chi connectivity index (χ0v) is 12.8. The van der Waals surface area contributed by atoms with Crippen LogP contribution in [0.25, 0.3) is 0 Å². The highest BCUT2D eigenvalue weighted by Crippen LogP contribution is 2.12. The van der Waals surface area contributed by atoms with Gasteiger partial charge in [-0.1, -0.05) is 12.1 Å². The van der Waals surface area contributed by atoms with Crippen molar-refractivity contribution < 1.29 is 14.3 Å². The van der Waals surface area contributed by atoms with Crippen molar-refractivity contribution in [3.8, 4) is 0 Å². The Morgan fingerprint density at radius 2 is 2.05 bits per heavy atom. The summed E-state index contributed by atoms with van der Waals surface area (Å²) in [7, 11) is 0. The topological polar surface area (TPSA) is 75.4 Å². The number of carbonyl (C=O) groups excluding carboxylic acids is 1. The Balaban J connectivity index is 0.00000361. The number of carbonyl (C=O) groups is 1. The van der Waals surface area contributed by atoms with Crippen LogP contribution < -0.4 is 11.1 Å². The highest BCUT2D eigenvalue weighted by molar-refractivity contribution is 7.98. The molecule has 4 nitrogen and oxygen atoms in total. The minimum absolute atomic E-state index is 0. The Hall–Kier alpha value is -0.820. The number of halogens is 2. The molecule has 2 atom stereocenters. The van der Waals surface area contributed by atoms with Crippen LogP contribution in [0.5, 0.6) is 0 Å². The second-order valence-corrected chi connectivity index (χ2v) is 5.19. The largest absolute Gasteiger partial charge is 0.387 e. The van der Waals surface area contributed by atoms with E-state index in [-0.39, 0.29) is 30.7 Å². The number of hydrogen-bond acceptors (Lipinski definition) is 4. The minimum atomic E-state index is -0.864. The van der Waals surface area contributed by atoms with Gasteiger partial charge < -0.3 is 16.2 Å². The lowest BCUT2D eigenvalue weighted by molar-refractivity contribution is -0.122. The first-order chi connectivity index (χ1) is 9.04. The van der Waals surface area contributed by atoms with Crippen LogP contribution in [0.2, 0.25) is 0 Å². The molecular weight excluding hydrogens is 303 g/mol. The minimum Gasteiger partial charge on any atom is -0.387 e. The summed E-state index contributed by atoms with van der Waals surface area (Å²) >= 11 is 1.63. The van der Waals surface area contributed by atoms with E-state index < -0.39 is 12.1 Å². The number of thioether (sulfide) groups is 1. The van der Waals surface area contributed by atoms with Crippen LogP contribution in [0.3, 0.4) is 0 Å². The standard InChI is InChI=1S/C13H19FN2O2S.ClH/c1-19-7-6-11(15)13(18)16-8-12(17)9-2-4-10(14)5-3-9;/h2-5,11-12,17H,6-8,15H2,1H3,(H,16,18);1H/t11-,12?;/m0./s1. The van der Waals surface area contributed by atoms with Gasteiger partial charge in [0.05, 0.1) is 12.1 Å². The van der Waals surface area contributed by atoms with Gasteiger partial charge in [0.15, 0.2) is 0 Å². The van der Waals surface area contributed by atoms with E-state index in [9.17, 15) is 14.3 Å². The van der Waals surface area contributed by atoms with Gasteiger partial charge in [-0.25, -0.2) is 4.39 Å². The smallest absolute Gasteiger partial charge is 0.237 e. The van der Waals surface area contributed by atoms with Gasteiger partial charge in [0.25, 0.3) is 0 Å². The molecule has 0 aliphatic carbocycles. The molecule has 4 N–H and O–H groups in total. The predicted octanol–water partition coefficient (Wildman–Crippen LogP) is 1.48. The highest BCUT2D eigenvalue weighted by Gasteiger charge is 2.15. The number of amides is 1. The molecule has 0 spiro atoms. The average Bonchev–Trinajstić information content (AvgIpc) is 2.42. The molecule has 1 amide bonds. The van der Waals surface area contributed by atoms with E-state index in [1.54, 1.807) is 11.8 Å². The number of rotatable bonds is 7. The van der Waals surface area contributed by atoms with Crippen molar-refractivity contribution in [3.63, 3.8) is 0 Å². The molecule has 0 aliphatic heterocycles. The number of hydrogen-bond donors (Lipinski definition) is 3. The number of nitrogens with two attached hydrogens (primary N) is 1. The van der Waals surface area contributed by atoms with Crippen molar-refractivity contribution in [1.82, 2.24) is 5.32 Å². The van der Waals surface area contributed by atoms with Crippen LogP contribution in [0.1, 0.15) is 18.1 Å². The van der Waals surface area contributed by atoms with Crippen LogP contribution >= 0.6 is 24.2 Å². The van der Waals surface area contributed by atoms with Gasteiger partial charge in [0.2, 0.25) is 5.91 Å². The van der Waals surface area contributed by atoms with E-state index in [2.05, 4.69) is 5.32 Å². The maximum absolute atomic E-state index is 12.7. The third-order valence-electron chi connectivity index (χ3n) is 2.69. The molecule has 0 radical (unpaired) electrons. The lowest BCUT2D eigenvalue weighted by atomic mass is 10.1. The van der Waals surface area contributed by atoms with Gasteiger partial charge in [0.1, 0.15) is 5.82 Å². The van der Waals surface area contributed by atoms with Crippen molar-refractivity contribution in [3.05, 3.63) is 35.6 Å². The predicted molar refractivity (Wildman–Crippen MR) is 82.6 cm³/mol. The van der Waals surface area contributed by atoms with E-state index in [0.29, 0.717) is 12.0 Å². The highest BCUT2D eigenvalue weighted by atomic mass is 35.5. The van der Waals surface area contributed by atoms with Crippen LogP contribution in [-0.4, -0.2) is 35.6 Å². The van der Waals surface area contributed by atoms with E-state index in [4.69, 9.17) is 5.73 Å². The summed E-state index contributed by atoms with van der Waals surface area (Å²) in [6.07, 6.45) is 1.68. The monoisotopic (exact) mass is 322 g/mol. The third-order valence-corrected chi connectivity index (χ3v) is 3.34. The Labute approximate surface area is 128 Å². The van der Waals surface area contributed by atoms with E-state index >= 15 is 0 Å². The maximum Gasteiger partial charge on any atom is 0.237 e. The molecule has 0 fully saturated rings. The molecule has 114 valence electrons. The quantitative estimate of drug-likeness (QED) is 0.711. The fraction of sp³-hybridized carbons (Fsp3) is 0.462. The van der Waals surface area contributed by atoms with Gasteiger partial charge in [-0.05, 0) is 36.1 Å². The summed E-state index contributed by atoms with van der Waals surface area (Å²) < 4.78 is 12.7. The first-order valence-corrected chi connectivity index (χ1v) is 7.39. The van der Waals surface area contributed by atoms with Crippen LogP contribution in [-0.2, 0) is 4.79 Å². The fourth-order valence-electron chi connectivity index (χ4n) is 1.51. The molecule has 0 aliphatic rings. The lowest BCUT2D eigenvalue weighted by Crippen LogP contribution is -2.42. The molecule has 1 aromatic carbocycles. The summed E-state index contributed by atoms with van der Waals surface area (Å²) in [5, 5.41) is 12.4. The molecular formula is C13H20ClFN2O2S. The first-order valence-electron chi connectivity index (χ1n) is 6.00. The molecule has 1 aromatic rings. The fourth-order valence-corrected chi connectivity index (χ4v) is 2.00. The Kier molecular flexibility index (Phi) is 9.58. The summed E-state index contributed by atoms with van der Waals surface area (Å²) in [4.78, 5) is 11.6. The van der Waals surface area contributed by atoms with Gasteiger partial charge in [-0.3, -0.25) is 4.79 Å². The second-order valence-electron chi connectivity index (χ2n) is 4.20. The molecule has 0 bridgehead atoms. The molecule has 1 unspecified atom stereocenters. The van der Waals surface area contributed by atoms with Gasteiger partial charge in [0, 0.05) is 6.54 Å². The van der Waals surface area contributed by atoms with Gasteiger partial charge in [-0.2, -0.15) is 11.8 Å². The van der Waals surface area contributed by atoms with Gasteiger partial charge in [-0.15, -0.1) is 12.4 Å². The van der Waals surface area contributed by atoms with Crippen LogP contribution in [0.15, 0.2) is 24.3 Å². The van der Waals surface area contributed by atoms with Crippen LogP contribution in [0.4, 0.5) is 4.39 Å². The molecule has 0 heterocycles. The van der Waals surface area contributed by atoms with Crippen molar-refractivity contribution in [1.29, 1.82) is 0 Å². The van der Waals surface area contributed by atoms with E-state index in [1.165, 1.54) is 24.3 Å². The molecule has 7 heteroatoms. The van der Waals surface area contributed by atoms with Crippen LogP contribution in [0, 0.1) is 5.82 Å². The lowest BCUT2D eigenvalue weighted by Gasteiger charge is -2.15. The SMILES string of the molecule is CSCC[C@H](N)C(=O)NCC(O)c1ccc(F)cc1.Cl. The molecule has 0 aromatic heterocycles. The first kappa shape index (κ1) is 19.2. The number of benzene rings is 1. The van der Waals surface area contributed by atoms with Crippen molar-refractivity contribution in [2.75, 3.05) is 18.6 Å². The molecule has 0 saturated carbocycles. The summed E-state index contributed by atoms with van der Waals surface area (Å²) in [6.45, 7) is 0.0669. The Morgan fingerprint density at radius 1 is 1.45 bits per heavy atom. The maximum atomic E-state index is 12.7. The Bertz CT molecular complexity index is 406. The second kappa shape index (κ2) is 9.99. The third kappa shape index (κ3) is 6.56. The molecule has 0 saturated heterocycles. The van der Waals surface area contributed by atoms with Crippen molar-refractivity contribution in [2.24, 2.45) is 5.73 Å². The number of aliphatic hydroxyl groups excluding tert-OH is 1. The van der Waals surface area contributed by atoms with Gasteiger partial charge >= 0.3 is 0 Å². The zero-order valence-electron chi connectivity index (χ0n) is 11.2. The molecule has 20 heavy (non-hydrogen) atoms. The number of nitrogens with one attached hydrogen (secondary N) is 1. The summed E-state index contributed by atoms with van der Waals surface area (Å²) in [5.74, 6) is 0.170. The molecule has 1 rings (SSSR count). The zero-order chi connectivity index (χ0) is 14.3. The Morgan fingerprint density at radius 3 is 2.60 bits per heavy atom.